The van der Waals surface area contributed by atoms with Gasteiger partial charge in [-0.3, -0.25) is 9.69 Å². The molecule has 0 saturated carbocycles. The third-order valence-electron chi connectivity index (χ3n) is 2.72. The second-order valence-electron chi connectivity index (χ2n) is 4.82. The van der Waals surface area contributed by atoms with Crippen molar-refractivity contribution in [2.24, 2.45) is 0 Å². The van der Waals surface area contributed by atoms with Crippen molar-refractivity contribution in [3.8, 4) is 0 Å². The monoisotopic (exact) mass is 252 g/mol. The van der Waals surface area contributed by atoms with Crippen LogP contribution >= 0.6 is 0 Å². The predicted molar refractivity (Wildman–Crippen MR) is 71.4 cm³/mol. The standard InChI is InChI=1S/C14H21FN2O/c1-16(2)9-4-10-17(3)11-14(18)12-5-7-13(15)8-6-12/h5-8H,4,9-11H2,1-3H3. The van der Waals surface area contributed by atoms with E-state index in [2.05, 4.69) is 4.90 Å². The van der Waals surface area contributed by atoms with E-state index in [-0.39, 0.29) is 11.6 Å². The third kappa shape index (κ3) is 5.38. The molecule has 0 radical (unpaired) electrons. The molecule has 0 bridgehead atoms. The molecule has 0 heterocycles. The van der Waals surface area contributed by atoms with Gasteiger partial charge in [0.25, 0.3) is 0 Å². The molecule has 0 saturated heterocycles. The average Bonchev–Trinajstić information content (AvgIpc) is 2.29. The van der Waals surface area contributed by atoms with Crippen LogP contribution in [0, 0.1) is 5.82 Å². The highest BCUT2D eigenvalue weighted by Crippen LogP contribution is 2.04. The summed E-state index contributed by atoms with van der Waals surface area (Å²) in [5.74, 6) is -0.284. The SMILES string of the molecule is CN(C)CCCN(C)CC(=O)c1ccc(F)cc1. The number of carbonyl (C=O) groups is 1. The van der Waals surface area contributed by atoms with E-state index in [0.717, 1.165) is 19.5 Å². The van der Waals surface area contributed by atoms with Gasteiger partial charge in [0.05, 0.1) is 6.54 Å². The van der Waals surface area contributed by atoms with Crippen LogP contribution in [0.4, 0.5) is 4.39 Å². The van der Waals surface area contributed by atoms with Crippen LogP contribution in [0.15, 0.2) is 24.3 Å². The van der Waals surface area contributed by atoms with Crippen LogP contribution in [0.3, 0.4) is 0 Å². The van der Waals surface area contributed by atoms with Gasteiger partial charge in [-0.05, 0) is 64.9 Å². The van der Waals surface area contributed by atoms with E-state index in [4.69, 9.17) is 0 Å². The van der Waals surface area contributed by atoms with Crippen molar-refractivity contribution >= 4 is 5.78 Å². The number of hydrogen-bond donors (Lipinski definition) is 0. The first kappa shape index (κ1) is 14.8. The number of nitrogens with zero attached hydrogens (tertiary/aromatic N) is 2. The smallest absolute Gasteiger partial charge is 0.176 e. The molecule has 0 N–H and O–H groups in total. The number of hydrogen-bond acceptors (Lipinski definition) is 3. The van der Waals surface area contributed by atoms with Gasteiger partial charge in [-0.1, -0.05) is 0 Å². The molecule has 0 aliphatic rings. The summed E-state index contributed by atoms with van der Waals surface area (Å²) >= 11 is 0. The maximum atomic E-state index is 12.7. The van der Waals surface area contributed by atoms with Gasteiger partial charge < -0.3 is 4.90 Å². The fraction of sp³-hybridized carbons (Fsp3) is 0.500. The topological polar surface area (TPSA) is 23.6 Å². The average molecular weight is 252 g/mol. The highest BCUT2D eigenvalue weighted by molar-refractivity contribution is 5.97. The van der Waals surface area contributed by atoms with Crippen LogP contribution in [-0.4, -0.2) is 56.4 Å². The molecular formula is C14H21FN2O. The van der Waals surface area contributed by atoms with Gasteiger partial charge >= 0.3 is 0 Å². The fourth-order valence-electron chi connectivity index (χ4n) is 1.71. The van der Waals surface area contributed by atoms with Crippen LogP contribution in [0.25, 0.3) is 0 Å². The highest BCUT2D eigenvalue weighted by atomic mass is 19.1. The van der Waals surface area contributed by atoms with Crippen molar-refractivity contribution in [3.63, 3.8) is 0 Å². The molecule has 0 unspecified atom stereocenters. The Hall–Kier alpha value is -1.26. The van der Waals surface area contributed by atoms with E-state index in [1.165, 1.54) is 24.3 Å². The molecule has 0 fully saturated rings. The lowest BCUT2D eigenvalue weighted by molar-refractivity contribution is 0.0944. The fourth-order valence-corrected chi connectivity index (χ4v) is 1.71. The largest absolute Gasteiger partial charge is 0.309 e. The van der Waals surface area contributed by atoms with E-state index < -0.39 is 0 Å². The molecule has 18 heavy (non-hydrogen) atoms. The summed E-state index contributed by atoms with van der Waals surface area (Å²) in [5.41, 5.74) is 0.566. The Kier molecular flexibility index (Phi) is 5.95. The lowest BCUT2D eigenvalue weighted by atomic mass is 10.1. The van der Waals surface area contributed by atoms with Gasteiger partial charge in [-0.25, -0.2) is 4.39 Å². The molecule has 1 aromatic carbocycles. The van der Waals surface area contributed by atoms with Crippen molar-refractivity contribution in [1.82, 2.24) is 9.80 Å². The maximum Gasteiger partial charge on any atom is 0.176 e. The van der Waals surface area contributed by atoms with E-state index in [1.54, 1.807) is 0 Å². The minimum atomic E-state index is -0.314. The summed E-state index contributed by atoms with van der Waals surface area (Å²) in [6.45, 7) is 2.26. The van der Waals surface area contributed by atoms with E-state index >= 15 is 0 Å². The second-order valence-corrected chi connectivity index (χ2v) is 4.82. The van der Waals surface area contributed by atoms with Crippen molar-refractivity contribution in [1.29, 1.82) is 0 Å². The van der Waals surface area contributed by atoms with Gasteiger partial charge in [0.1, 0.15) is 5.82 Å². The second kappa shape index (κ2) is 7.24. The molecule has 1 aromatic rings. The first-order valence-electron chi connectivity index (χ1n) is 6.11. The molecule has 0 amide bonds. The van der Waals surface area contributed by atoms with E-state index in [9.17, 15) is 9.18 Å². The van der Waals surface area contributed by atoms with Crippen LogP contribution in [0.5, 0.6) is 0 Å². The van der Waals surface area contributed by atoms with Gasteiger partial charge in [0.15, 0.2) is 5.78 Å². The number of ketones is 1. The number of carbonyl (C=O) groups excluding carboxylic acids is 1. The van der Waals surface area contributed by atoms with Gasteiger partial charge in [0, 0.05) is 5.56 Å². The molecule has 3 nitrogen and oxygen atoms in total. The summed E-state index contributed by atoms with van der Waals surface area (Å²) in [6, 6.07) is 5.70. The van der Waals surface area contributed by atoms with Crippen molar-refractivity contribution in [2.45, 2.75) is 6.42 Å². The highest BCUT2D eigenvalue weighted by Gasteiger charge is 2.09. The molecule has 100 valence electrons. The zero-order valence-corrected chi connectivity index (χ0v) is 11.3. The lowest BCUT2D eigenvalue weighted by Crippen LogP contribution is -2.29. The van der Waals surface area contributed by atoms with Crippen LogP contribution in [-0.2, 0) is 0 Å². The number of rotatable bonds is 7. The zero-order chi connectivity index (χ0) is 13.5. The summed E-state index contributed by atoms with van der Waals surface area (Å²) in [6.07, 6.45) is 1.03. The molecule has 0 spiro atoms. The summed E-state index contributed by atoms with van der Waals surface area (Å²) in [5, 5.41) is 0. The van der Waals surface area contributed by atoms with Gasteiger partial charge in [-0.15, -0.1) is 0 Å². The quantitative estimate of drug-likeness (QED) is 0.692. The molecule has 4 heteroatoms. The Bertz CT molecular complexity index is 376. The molecule has 0 atom stereocenters. The van der Waals surface area contributed by atoms with Crippen molar-refractivity contribution < 1.29 is 9.18 Å². The third-order valence-corrected chi connectivity index (χ3v) is 2.72. The normalized spacial score (nSPS) is 11.2. The molecular weight excluding hydrogens is 231 g/mol. The minimum Gasteiger partial charge on any atom is -0.309 e. The van der Waals surface area contributed by atoms with Gasteiger partial charge in [-0.2, -0.15) is 0 Å². The Morgan fingerprint density at radius 2 is 1.72 bits per heavy atom. The molecule has 0 aliphatic carbocycles. The van der Waals surface area contributed by atoms with Crippen LogP contribution < -0.4 is 0 Å². The van der Waals surface area contributed by atoms with E-state index in [1.807, 2.05) is 26.0 Å². The lowest BCUT2D eigenvalue weighted by Gasteiger charge is -2.17. The number of Topliss-reactive ketones (excluding diaryl/α,β-unsaturated/α-hetero) is 1. The maximum absolute atomic E-state index is 12.7. The van der Waals surface area contributed by atoms with Crippen molar-refractivity contribution in [2.75, 3.05) is 40.8 Å². The summed E-state index contributed by atoms with van der Waals surface area (Å²) in [7, 11) is 5.99. The number of halogens is 1. The van der Waals surface area contributed by atoms with Crippen molar-refractivity contribution in [3.05, 3.63) is 35.6 Å². The van der Waals surface area contributed by atoms with Crippen LogP contribution in [0.2, 0.25) is 0 Å². The Balaban J connectivity index is 2.37. The molecule has 0 aliphatic heterocycles. The zero-order valence-electron chi connectivity index (χ0n) is 11.3. The Morgan fingerprint density at radius 1 is 1.11 bits per heavy atom. The van der Waals surface area contributed by atoms with E-state index in [0.29, 0.717) is 12.1 Å². The van der Waals surface area contributed by atoms with Crippen LogP contribution in [0.1, 0.15) is 16.8 Å². The number of benzene rings is 1. The first-order chi connectivity index (χ1) is 8.49. The number of likely N-dealkylation sites (N-methyl/N-ethyl adjacent to an activating group) is 1. The van der Waals surface area contributed by atoms with Gasteiger partial charge in [0.2, 0.25) is 0 Å². The first-order valence-corrected chi connectivity index (χ1v) is 6.11. The predicted octanol–water partition coefficient (Wildman–Crippen LogP) is 1.89. The Morgan fingerprint density at radius 3 is 2.28 bits per heavy atom. The summed E-state index contributed by atoms with van der Waals surface area (Å²) in [4.78, 5) is 16.0. The summed E-state index contributed by atoms with van der Waals surface area (Å²) < 4.78 is 12.7. The minimum absolute atomic E-state index is 0.0300. The molecule has 0 aromatic heterocycles. The Labute approximate surface area is 108 Å². The molecule has 1 rings (SSSR count).